The second-order valence-electron chi connectivity index (χ2n) is 6.36. The molecule has 2 N–H and O–H groups in total. The van der Waals surface area contributed by atoms with Crippen molar-refractivity contribution < 1.29 is 9.47 Å². The maximum atomic E-state index is 5.90. The minimum atomic E-state index is -0.0690. The first-order valence-electron chi connectivity index (χ1n) is 7.25. The maximum absolute atomic E-state index is 5.90. The van der Waals surface area contributed by atoms with Crippen LogP contribution < -0.4 is 15.2 Å². The molecule has 2 aromatic rings. The standard InChI is InChI=1S/C17H24N2O2S/c1-10(18)16-19-13(9-22-16)11-7-15(21-6)12(17(2,3)4)8-14(11)20-5/h7-10H,18H2,1-6H3. The molecule has 0 aliphatic rings. The Morgan fingerprint density at radius 2 is 1.77 bits per heavy atom. The van der Waals surface area contributed by atoms with Gasteiger partial charge in [-0.15, -0.1) is 11.3 Å². The van der Waals surface area contributed by atoms with Gasteiger partial charge in [-0.25, -0.2) is 4.98 Å². The van der Waals surface area contributed by atoms with Crippen LogP contribution in [-0.2, 0) is 5.41 Å². The first-order chi connectivity index (χ1) is 10.3. The van der Waals surface area contributed by atoms with Gasteiger partial charge in [-0.2, -0.15) is 0 Å². The Hall–Kier alpha value is -1.59. The van der Waals surface area contributed by atoms with E-state index in [-0.39, 0.29) is 11.5 Å². The van der Waals surface area contributed by atoms with Gasteiger partial charge in [0.25, 0.3) is 0 Å². The van der Waals surface area contributed by atoms with Crippen LogP contribution in [0, 0.1) is 0 Å². The normalized spacial score (nSPS) is 13.0. The molecule has 0 aliphatic carbocycles. The molecule has 0 amide bonds. The lowest BCUT2D eigenvalue weighted by molar-refractivity contribution is 0.389. The summed E-state index contributed by atoms with van der Waals surface area (Å²) in [6.07, 6.45) is 0. The van der Waals surface area contributed by atoms with Gasteiger partial charge in [-0.1, -0.05) is 20.8 Å². The van der Waals surface area contributed by atoms with Gasteiger partial charge in [0.1, 0.15) is 16.5 Å². The summed E-state index contributed by atoms with van der Waals surface area (Å²) in [6.45, 7) is 8.40. The molecule has 0 spiro atoms. The van der Waals surface area contributed by atoms with E-state index in [1.807, 2.05) is 24.4 Å². The minimum absolute atomic E-state index is 0.0316. The lowest BCUT2D eigenvalue weighted by Crippen LogP contribution is -2.13. The largest absolute Gasteiger partial charge is 0.496 e. The molecule has 1 atom stereocenters. The number of nitrogens with zero attached hydrogens (tertiary/aromatic N) is 1. The van der Waals surface area contributed by atoms with Gasteiger partial charge in [0.15, 0.2) is 0 Å². The number of aromatic nitrogens is 1. The molecule has 0 saturated heterocycles. The highest BCUT2D eigenvalue weighted by Gasteiger charge is 2.23. The van der Waals surface area contributed by atoms with E-state index >= 15 is 0 Å². The number of nitrogens with two attached hydrogens (primary N) is 1. The number of hydrogen-bond donors (Lipinski definition) is 1. The Bertz CT molecular complexity index is 657. The molecule has 0 radical (unpaired) electrons. The van der Waals surface area contributed by atoms with Gasteiger partial charge in [0.05, 0.1) is 26.0 Å². The topological polar surface area (TPSA) is 57.4 Å². The highest BCUT2D eigenvalue weighted by molar-refractivity contribution is 7.10. The summed E-state index contributed by atoms with van der Waals surface area (Å²) in [4.78, 5) is 4.61. The van der Waals surface area contributed by atoms with Crippen molar-refractivity contribution in [2.24, 2.45) is 5.73 Å². The Balaban J connectivity index is 2.60. The van der Waals surface area contributed by atoms with Crippen molar-refractivity contribution in [3.8, 4) is 22.8 Å². The van der Waals surface area contributed by atoms with Crippen LogP contribution in [0.3, 0.4) is 0 Å². The zero-order valence-electron chi connectivity index (χ0n) is 14.1. The fourth-order valence-electron chi connectivity index (χ4n) is 2.30. The summed E-state index contributed by atoms with van der Waals surface area (Å²) >= 11 is 1.56. The number of thiazole rings is 1. The lowest BCUT2D eigenvalue weighted by atomic mass is 9.85. The molecule has 0 aliphatic heterocycles. The summed E-state index contributed by atoms with van der Waals surface area (Å²) in [5.74, 6) is 1.64. The third-order valence-electron chi connectivity index (χ3n) is 3.52. The smallest absolute Gasteiger partial charge is 0.128 e. The first-order valence-corrected chi connectivity index (χ1v) is 8.13. The van der Waals surface area contributed by atoms with Crippen LogP contribution in [0.4, 0.5) is 0 Å². The summed E-state index contributed by atoms with van der Waals surface area (Å²) < 4.78 is 11.2. The summed E-state index contributed by atoms with van der Waals surface area (Å²) in [6, 6.07) is 3.97. The number of benzene rings is 1. The third-order valence-corrected chi connectivity index (χ3v) is 4.56. The van der Waals surface area contributed by atoms with Crippen LogP contribution in [0.1, 0.15) is 44.3 Å². The van der Waals surface area contributed by atoms with E-state index in [0.29, 0.717) is 0 Å². The highest BCUT2D eigenvalue weighted by atomic mass is 32.1. The molecule has 0 bridgehead atoms. The monoisotopic (exact) mass is 320 g/mol. The van der Waals surface area contributed by atoms with Gasteiger partial charge < -0.3 is 15.2 Å². The zero-order chi connectivity index (χ0) is 16.5. The van der Waals surface area contributed by atoms with E-state index in [2.05, 4.69) is 25.8 Å². The van der Waals surface area contributed by atoms with E-state index in [0.717, 1.165) is 33.3 Å². The summed E-state index contributed by atoms with van der Waals surface area (Å²) in [5.41, 5.74) is 8.78. The molecule has 2 rings (SSSR count). The fourth-order valence-corrected chi connectivity index (χ4v) is 3.08. The average molecular weight is 320 g/mol. The van der Waals surface area contributed by atoms with Crippen molar-refractivity contribution in [3.05, 3.63) is 28.1 Å². The molecule has 0 saturated carbocycles. The molecule has 5 heteroatoms. The molecule has 1 unspecified atom stereocenters. The predicted molar refractivity (Wildman–Crippen MR) is 92.0 cm³/mol. The average Bonchev–Trinajstić information content (AvgIpc) is 2.94. The van der Waals surface area contributed by atoms with Crippen LogP contribution in [0.25, 0.3) is 11.3 Å². The van der Waals surface area contributed by atoms with Gasteiger partial charge in [0, 0.05) is 16.5 Å². The Labute approximate surface area is 136 Å². The molecule has 0 fully saturated rings. The maximum Gasteiger partial charge on any atom is 0.128 e. The van der Waals surface area contributed by atoms with Crippen LogP contribution in [-0.4, -0.2) is 19.2 Å². The van der Waals surface area contributed by atoms with Crippen LogP contribution >= 0.6 is 11.3 Å². The fraction of sp³-hybridized carbons (Fsp3) is 0.471. The van der Waals surface area contributed by atoms with Gasteiger partial charge in [0.2, 0.25) is 0 Å². The molecule has 120 valence electrons. The number of methoxy groups -OCH3 is 2. The van der Waals surface area contributed by atoms with E-state index in [9.17, 15) is 0 Å². The van der Waals surface area contributed by atoms with Crippen molar-refractivity contribution in [2.75, 3.05) is 14.2 Å². The highest BCUT2D eigenvalue weighted by Crippen LogP contribution is 2.41. The third kappa shape index (κ3) is 3.25. The van der Waals surface area contributed by atoms with Crippen molar-refractivity contribution in [3.63, 3.8) is 0 Å². The molecule has 1 aromatic carbocycles. The SMILES string of the molecule is COc1cc(C(C)(C)C)c(OC)cc1-c1csc(C(C)N)n1. The molecular weight excluding hydrogens is 296 g/mol. The predicted octanol–water partition coefficient (Wildman–Crippen LogP) is 4.14. The van der Waals surface area contributed by atoms with E-state index < -0.39 is 0 Å². The Morgan fingerprint density at radius 1 is 1.14 bits per heavy atom. The van der Waals surface area contributed by atoms with Crippen molar-refractivity contribution in [2.45, 2.75) is 39.2 Å². The van der Waals surface area contributed by atoms with Gasteiger partial charge in [-0.05, 0) is 24.5 Å². The molecular formula is C17H24N2O2S. The zero-order valence-corrected chi connectivity index (χ0v) is 14.9. The van der Waals surface area contributed by atoms with Crippen LogP contribution in [0.15, 0.2) is 17.5 Å². The first kappa shape index (κ1) is 16.8. The van der Waals surface area contributed by atoms with Crippen molar-refractivity contribution in [1.82, 2.24) is 4.98 Å². The van der Waals surface area contributed by atoms with Gasteiger partial charge in [-0.3, -0.25) is 0 Å². The quantitative estimate of drug-likeness (QED) is 0.919. The Morgan fingerprint density at radius 3 is 2.23 bits per heavy atom. The van der Waals surface area contributed by atoms with Crippen LogP contribution in [0.2, 0.25) is 0 Å². The molecule has 1 heterocycles. The van der Waals surface area contributed by atoms with E-state index in [1.54, 1.807) is 25.6 Å². The second-order valence-corrected chi connectivity index (χ2v) is 7.25. The van der Waals surface area contributed by atoms with Crippen molar-refractivity contribution in [1.29, 1.82) is 0 Å². The number of rotatable bonds is 4. The Kier molecular flexibility index (Phi) is 4.78. The second kappa shape index (κ2) is 6.26. The number of ether oxygens (including phenoxy) is 2. The van der Waals surface area contributed by atoms with E-state index in [4.69, 9.17) is 15.2 Å². The summed E-state index contributed by atoms with van der Waals surface area (Å²) in [5, 5.41) is 2.92. The van der Waals surface area contributed by atoms with Crippen LogP contribution in [0.5, 0.6) is 11.5 Å². The summed E-state index contributed by atoms with van der Waals surface area (Å²) in [7, 11) is 3.37. The molecule has 1 aromatic heterocycles. The molecule has 4 nitrogen and oxygen atoms in total. The number of hydrogen-bond acceptors (Lipinski definition) is 5. The lowest BCUT2D eigenvalue weighted by Gasteiger charge is -2.24. The van der Waals surface area contributed by atoms with Crippen molar-refractivity contribution >= 4 is 11.3 Å². The molecule has 22 heavy (non-hydrogen) atoms. The van der Waals surface area contributed by atoms with E-state index in [1.165, 1.54) is 0 Å². The minimum Gasteiger partial charge on any atom is -0.496 e. The van der Waals surface area contributed by atoms with Gasteiger partial charge >= 0.3 is 0 Å².